The second kappa shape index (κ2) is 14.7. The number of carbonyl (C=O) groups is 2. The highest BCUT2D eigenvalue weighted by molar-refractivity contribution is 7.92. The predicted molar refractivity (Wildman–Crippen MR) is 195 cm³/mol. The van der Waals surface area contributed by atoms with E-state index in [-0.39, 0.29) is 30.2 Å². The molecule has 4 aliphatic rings. The molecular formula is C37H43Cl2N5O5S. The molecule has 2 bridgehead atoms. The molecule has 2 aromatic carbocycles. The van der Waals surface area contributed by atoms with Gasteiger partial charge in [-0.05, 0) is 98.2 Å². The molecule has 5 atom stereocenters. The maximum Gasteiger partial charge on any atom is 0.286 e. The fraction of sp³-hybridized carbons (Fsp3) is 0.486. The summed E-state index contributed by atoms with van der Waals surface area (Å²) in [6.07, 6.45) is 13.4. The fourth-order valence-electron chi connectivity index (χ4n) is 8.02. The normalized spacial score (nSPS) is 28.7. The Hall–Kier alpha value is -3.38. The molecule has 3 aromatic rings. The Labute approximate surface area is 303 Å². The van der Waals surface area contributed by atoms with Crippen LogP contribution in [-0.2, 0) is 37.8 Å². The van der Waals surface area contributed by atoms with E-state index in [2.05, 4.69) is 43.4 Å². The molecule has 1 aromatic heterocycles. The van der Waals surface area contributed by atoms with Crippen LogP contribution >= 0.6 is 23.2 Å². The van der Waals surface area contributed by atoms with Crippen LogP contribution in [-0.4, -0.2) is 64.5 Å². The molecule has 2 aliphatic carbocycles. The molecule has 3 heterocycles. The average Bonchev–Trinajstić information content (AvgIpc) is 3.44. The van der Waals surface area contributed by atoms with Gasteiger partial charge in [0.05, 0.1) is 35.4 Å². The van der Waals surface area contributed by atoms with Crippen LogP contribution in [0.2, 0.25) is 10.0 Å². The second-order valence-electron chi connectivity index (χ2n) is 14.0. The highest BCUT2D eigenvalue weighted by Crippen LogP contribution is 2.47. The van der Waals surface area contributed by atoms with E-state index < -0.39 is 21.7 Å². The van der Waals surface area contributed by atoms with E-state index in [0.29, 0.717) is 54.2 Å². The van der Waals surface area contributed by atoms with E-state index in [1.165, 1.54) is 22.0 Å². The largest absolute Gasteiger partial charge is 0.490 e. The lowest BCUT2D eigenvalue weighted by Gasteiger charge is -2.46. The number of halogens is 2. The Balaban J connectivity index is 1.24. The van der Waals surface area contributed by atoms with Gasteiger partial charge in [-0.15, -0.1) is 4.36 Å². The Morgan fingerprint density at radius 1 is 1.16 bits per heavy atom. The summed E-state index contributed by atoms with van der Waals surface area (Å²) in [6, 6.07) is 11.5. The van der Waals surface area contributed by atoms with E-state index in [1.807, 2.05) is 18.2 Å². The Bertz CT molecular complexity index is 1920. The fourth-order valence-corrected chi connectivity index (χ4v) is 10.00. The molecule has 0 radical (unpaired) electrons. The van der Waals surface area contributed by atoms with Gasteiger partial charge in [-0.1, -0.05) is 41.4 Å². The van der Waals surface area contributed by atoms with Crippen LogP contribution < -0.4 is 14.4 Å². The summed E-state index contributed by atoms with van der Waals surface area (Å²) in [5.41, 5.74) is 3.39. The van der Waals surface area contributed by atoms with Gasteiger partial charge in [0.25, 0.3) is 5.91 Å². The standard InChI is InChI=1S/C37H43Cl2N5O5S/c1-48-33-7-3-2-4-17-50(47,41-35(45)14-16-44-22-29(39)20-40-44)42-36(46)26-9-13-34-32(19-26)43(21-27-8-11-30(27)33)23-37(24-49-34)15-5-6-25-18-28(38)10-12-31(25)37/h3,7,9-10,12-13,18-20,22,27,30,33H,2,4-6,8,11,14-17,21,23-24H2,1H3,(H,41,42,45,46,47)/b7-3+/t27-,30+,33-,37-,50+/m0/s1. The van der Waals surface area contributed by atoms with Crippen LogP contribution in [0.15, 0.2) is 65.3 Å². The van der Waals surface area contributed by atoms with Gasteiger partial charge in [0, 0.05) is 55.4 Å². The molecule has 13 heteroatoms. The number of benzene rings is 2. The lowest BCUT2D eigenvalue weighted by atomic mass is 9.68. The van der Waals surface area contributed by atoms with Crippen molar-refractivity contribution in [3.05, 3.63) is 87.7 Å². The zero-order valence-electron chi connectivity index (χ0n) is 28.2. The molecule has 1 spiro atoms. The van der Waals surface area contributed by atoms with Crippen molar-refractivity contribution in [2.45, 2.75) is 69.4 Å². The summed E-state index contributed by atoms with van der Waals surface area (Å²) in [4.78, 5) is 29.2. The predicted octanol–water partition coefficient (Wildman–Crippen LogP) is 6.78. The van der Waals surface area contributed by atoms with Crippen molar-refractivity contribution < 1.29 is 23.3 Å². The number of aromatic nitrogens is 2. The molecule has 1 N–H and O–H groups in total. The summed E-state index contributed by atoms with van der Waals surface area (Å²) in [7, 11) is -1.69. The second-order valence-corrected chi connectivity index (χ2v) is 16.9. The minimum atomic E-state index is -3.44. The molecule has 1 saturated carbocycles. The number of rotatable bonds is 5. The van der Waals surface area contributed by atoms with E-state index in [4.69, 9.17) is 32.7 Å². The van der Waals surface area contributed by atoms with Crippen molar-refractivity contribution in [1.82, 2.24) is 14.5 Å². The number of amides is 2. The molecule has 0 saturated heterocycles. The van der Waals surface area contributed by atoms with Crippen LogP contribution in [0.3, 0.4) is 0 Å². The number of anilines is 1. The number of aryl methyl sites for hydroxylation is 2. The van der Waals surface area contributed by atoms with Gasteiger partial charge in [-0.2, -0.15) is 5.10 Å². The first-order valence-corrected chi connectivity index (χ1v) is 19.9. The van der Waals surface area contributed by atoms with Gasteiger partial charge >= 0.3 is 0 Å². The molecule has 50 heavy (non-hydrogen) atoms. The molecule has 266 valence electrons. The smallest absolute Gasteiger partial charge is 0.286 e. The van der Waals surface area contributed by atoms with Gasteiger partial charge in [-0.25, -0.2) is 4.21 Å². The van der Waals surface area contributed by atoms with Gasteiger partial charge < -0.3 is 14.4 Å². The number of carbonyl (C=O) groups excluding carboxylic acids is 2. The summed E-state index contributed by atoms with van der Waals surface area (Å²) < 4.78 is 35.2. The van der Waals surface area contributed by atoms with E-state index in [1.54, 1.807) is 19.4 Å². The van der Waals surface area contributed by atoms with E-state index in [0.717, 1.165) is 49.4 Å². The topological polar surface area (TPSA) is 115 Å². The first-order chi connectivity index (χ1) is 24.1. The Morgan fingerprint density at radius 3 is 2.82 bits per heavy atom. The van der Waals surface area contributed by atoms with E-state index in [9.17, 15) is 13.8 Å². The zero-order valence-corrected chi connectivity index (χ0v) is 30.5. The first-order valence-electron chi connectivity index (χ1n) is 17.4. The molecule has 0 unspecified atom stereocenters. The van der Waals surface area contributed by atoms with Crippen molar-refractivity contribution in [3.63, 3.8) is 0 Å². The summed E-state index contributed by atoms with van der Waals surface area (Å²) >= 11 is 12.4. The Morgan fingerprint density at radius 2 is 2.04 bits per heavy atom. The lowest BCUT2D eigenvalue weighted by molar-refractivity contribution is -0.119. The van der Waals surface area contributed by atoms with Crippen molar-refractivity contribution in [2.75, 3.05) is 37.5 Å². The highest BCUT2D eigenvalue weighted by atomic mass is 35.5. The molecule has 2 aliphatic heterocycles. The minimum absolute atomic E-state index is 0.00108. The summed E-state index contributed by atoms with van der Waals surface area (Å²) in [6.45, 7) is 2.24. The van der Waals surface area contributed by atoms with Gasteiger partial charge in [0.15, 0.2) is 0 Å². The zero-order chi connectivity index (χ0) is 34.9. The number of nitrogens with one attached hydrogen (secondary N) is 1. The molecular weight excluding hydrogens is 697 g/mol. The van der Waals surface area contributed by atoms with Gasteiger partial charge in [0.1, 0.15) is 15.7 Å². The minimum Gasteiger partial charge on any atom is -0.490 e. The van der Waals surface area contributed by atoms with Gasteiger partial charge in [-0.3, -0.25) is 19.0 Å². The van der Waals surface area contributed by atoms with Crippen LogP contribution in [0.4, 0.5) is 5.69 Å². The third-order valence-corrected chi connectivity index (χ3v) is 13.0. The van der Waals surface area contributed by atoms with Crippen molar-refractivity contribution in [2.24, 2.45) is 16.2 Å². The van der Waals surface area contributed by atoms with E-state index >= 15 is 0 Å². The number of hydrogen-bond donors (Lipinski definition) is 1. The Kier molecular flexibility index (Phi) is 10.3. The van der Waals surface area contributed by atoms with Crippen LogP contribution in [0.1, 0.15) is 66.4 Å². The molecule has 2 amide bonds. The van der Waals surface area contributed by atoms with Crippen LogP contribution in [0, 0.1) is 11.8 Å². The highest BCUT2D eigenvalue weighted by Gasteiger charge is 2.44. The molecule has 10 nitrogen and oxygen atoms in total. The number of nitrogens with zero attached hydrogens (tertiary/aromatic N) is 4. The number of hydrogen-bond acceptors (Lipinski definition) is 7. The summed E-state index contributed by atoms with van der Waals surface area (Å²) in [5, 5.41) is 5.29. The maximum atomic E-state index is 14.2. The van der Waals surface area contributed by atoms with Crippen molar-refractivity contribution in [3.8, 4) is 5.75 Å². The maximum absolute atomic E-state index is 14.2. The summed E-state index contributed by atoms with van der Waals surface area (Å²) in [5.74, 6) is 0.338. The van der Waals surface area contributed by atoms with Crippen LogP contribution in [0.5, 0.6) is 5.75 Å². The monoisotopic (exact) mass is 739 g/mol. The number of ether oxygens (including phenoxy) is 2. The number of fused-ring (bicyclic) bond motifs is 4. The van der Waals surface area contributed by atoms with Gasteiger partial charge in [0.2, 0.25) is 5.91 Å². The van der Waals surface area contributed by atoms with Crippen molar-refractivity contribution in [1.29, 1.82) is 0 Å². The quantitative estimate of drug-likeness (QED) is 0.287. The van der Waals surface area contributed by atoms with Crippen LogP contribution in [0.25, 0.3) is 0 Å². The number of allylic oxidation sites excluding steroid dienone is 1. The third-order valence-electron chi connectivity index (χ3n) is 10.7. The third kappa shape index (κ3) is 7.47. The first kappa shape index (κ1) is 35.0. The lowest BCUT2D eigenvalue weighted by Crippen LogP contribution is -2.49. The van der Waals surface area contributed by atoms with Crippen molar-refractivity contribution >= 4 is 50.6 Å². The number of methoxy groups -OCH3 is 1. The molecule has 1 fully saturated rings. The average molecular weight is 741 g/mol. The molecule has 7 rings (SSSR count). The SMILES string of the molecule is CO[C@H]1/C=C/CCC[S@@](=O)(NC(=O)CCn2cc(Cl)cn2)=NC(=O)c2ccc3c(c2)N(C[C@@H]2CC[C@H]21)C[C@@]1(CCCc2cc(Cl)ccc21)CO3.